The van der Waals surface area contributed by atoms with Crippen LogP contribution >= 0.6 is 0 Å². The van der Waals surface area contributed by atoms with E-state index in [-0.39, 0.29) is 0 Å². The van der Waals surface area contributed by atoms with E-state index in [9.17, 15) is 0 Å². The van der Waals surface area contributed by atoms with Crippen molar-refractivity contribution in [2.75, 3.05) is 32.7 Å². The molecule has 0 aromatic carbocycles. The van der Waals surface area contributed by atoms with Crippen LogP contribution in [0.25, 0.3) is 0 Å². The summed E-state index contributed by atoms with van der Waals surface area (Å²) in [6, 6.07) is 0.518. The molecule has 0 rings (SSSR count). The molecule has 0 bridgehead atoms. The van der Waals surface area contributed by atoms with Gasteiger partial charge in [0, 0.05) is 12.6 Å². The van der Waals surface area contributed by atoms with Crippen LogP contribution in [-0.4, -0.2) is 38.8 Å². The highest BCUT2D eigenvalue weighted by Gasteiger charge is 1.98. The van der Waals surface area contributed by atoms with E-state index in [1.165, 1.54) is 0 Å². The summed E-state index contributed by atoms with van der Waals surface area (Å²) in [6.07, 6.45) is 2.10. The lowest BCUT2D eigenvalue weighted by molar-refractivity contribution is 0.495. The Morgan fingerprint density at radius 3 is 2.31 bits per heavy atom. The van der Waals surface area contributed by atoms with Crippen molar-refractivity contribution in [2.45, 2.75) is 25.8 Å². The molecule has 1 atom stereocenters. The second-order valence-corrected chi connectivity index (χ2v) is 3.34. The van der Waals surface area contributed by atoms with Gasteiger partial charge in [-0.15, -0.1) is 0 Å². The van der Waals surface area contributed by atoms with E-state index in [0.717, 1.165) is 45.6 Å². The first-order valence-electron chi connectivity index (χ1n) is 5.15. The molecule has 13 heavy (non-hydrogen) atoms. The molecular weight excluding hydrogens is 164 g/mol. The molecule has 0 aromatic rings. The van der Waals surface area contributed by atoms with Gasteiger partial charge in [-0.1, -0.05) is 0 Å². The van der Waals surface area contributed by atoms with Gasteiger partial charge in [-0.05, 0) is 45.9 Å². The molecule has 4 heteroatoms. The van der Waals surface area contributed by atoms with E-state index in [0.29, 0.717) is 6.04 Å². The van der Waals surface area contributed by atoms with Crippen LogP contribution in [0.5, 0.6) is 0 Å². The highest BCUT2D eigenvalue weighted by atomic mass is 15.0. The van der Waals surface area contributed by atoms with Crippen molar-refractivity contribution < 1.29 is 0 Å². The summed E-state index contributed by atoms with van der Waals surface area (Å²) in [5.74, 6) is 0. The number of nitrogens with two attached hydrogens (primary N) is 2. The summed E-state index contributed by atoms with van der Waals surface area (Å²) in [5, 5.41) is 6.73. The van der Waals surface area contributed by atoms with Crippen LogP contribution in [0.1, 0.15) is 19.8 Å². The lowest BCUT2D eigenvalue weighted by Crippen LogP contribution is -2.37. The van der Waals surface area contributed by atoms with Crippen molar-refractivity contribution in [3.05, 3.63) is 0 Å². The third-order valence-electron chi connectivity index (χ3n) is 1.88. The molecule has 0 aliphatic rings. The van der Waals surface area contributed by atoms with Crippen molar-refractivity contribution in [1.82, 2.24) is 10.6 Å². The maximum atomic E-state index is 5.38. The number of hydrogen-bond acceptors (Lipinski definition) is 4. The molecule has 0 fully saturated rings. The molecule has 6 N–H and O–H groups in total. The van der Waals surface area contributed by atoms with Crippen molar-refractivity contribution in [2.24, 2.45) is 11.5 Å². The molecule has 0 spiro atoms. The first-order valence-corrected chi connectivity index (χ1v) is 5.15. The molecule has 0 saturated heterocycles. The molecule has 0 aromatic heterocycles. The summed E-state index contributed by atoms with van der Waals surface area (Å²) >= 11 is 0. The largest absolute Gasteiger partial charge is 0.330 e. The Labute approximate surface area is 81.4 Å². The van der Waals surface area contributed by atoms with Crippen LogP contribution in [0.3, 0.4) is 0 Å². The number of hydrogen-bond donors (Lipinski definition) is 4. The van der Waals surface area contributed by atoms with Crippen molar-refractivity contribution >= 4 is 0 Å². The number of rotatable bonds is 9. The van der Waals surface area contributed by atoms with Crippen LogP contribution in [0.4, 0.5) is 0 Å². The maximum absolute atomic E-state index is 5.38. The van der Waals surface area contributed by atoms with Gasteiger partial charge in [-0.3, -0.25) is 0 Å². The van der Waals surface area contributed by atoms with Gasteiger partial charge < -0.3 is 22.1 Å². The van der Waals surface area contributed by atoms with Crippen LogP contribution in [0.2, 0.25) is 0 Å². The van der Waals surface area contributed by atoms with Crippen LogP contribution < -0.4 is 22.1 Å². The third kappa shape index (κ3) is 9.76. The molecule has 0 aliphatic heterocycles. The van der Waals surface area contributed by atoms with E-state index < -0.39 is 0 Å². The lowest BCUT2D eigenvalue weighted by Gasteiger charge is -2.13. The van der Waals surface area contributed by atoms with Gasteiger partial charge in [0.25, 0.3) is 0 Å². The van der Waals surface area contributed by atoms with E-state index in [4.69, 9.17) is 11.5 Å². The summed E-state index contributed by atoms with van der Waals surface area (Å²) in [5.41, 5.74) is 10.8. The minimum absolute atomic E-state index is 0.518. The third-order valence-corrected chi connectivity index (χ3v) is 1.88. The van der Waals surface area contributed by atoms with Gasteiger partial charge in [0.05, 0.1) is 0 Å². The summed E-state index contributed by atoms with van der Waals surface area (Å²) < 4.78 is 0. The van der Waals surface area contributed by atoms with Crippen molar-refractivity contribution in [3.63, 3.8) is 0 Å². The van der Waals surface area contributed by atoms with E-state index in [2.05, 4.69) is 17.6 Å². The molecule has 80 valence electrons. The molecule has 0 amide bonds. The minimum atomic E-state index is 0.518. The molecule has 4 nitrogen and oxygen atoms in total. The highest BCUT2D eigenvalue weighted by molar-refractivity contribution is 4.63. The first kappa shape index (κ1) is 12.8. The standard InChI is InChI=1S/C9H24N4/c1-9(13-7-3-5-11)8-12-6-2-4-10/h9,12-13H,2-8,10-11H2,1H3/t9-/m1/s1. The van der Waals surface area contributed by atoms with E-state index in [1.807, 2.05) is 0 Å². The van der Waals surface area contributed by atoms with Gasteiger partial charge in [-0.25, -0.2) is 0 Å². The fourth-order valence-corrected chi connectivity index (χ4v) is 1.07. The minimum Gasteiger partial charge on any atom is -0.330 e. The maximum Gasteiger partial charge on any atom is 0.0164 e. The first-order chi connectivity index (χ1) is 6.31. The molecule has 0 unspecified atom stereocenters. The molecule has 0 saturated carbocycles. The topological polar surface area (TPSA) is 76.1 Å². The van der Waals surface area contributed by atoms with Crippen LogP contribution in [0.15, 0.2) is 0 Å². The zero-order valence-electron chi connectivity index (χ0n) is 8.68. The second-order valence-electron chi connectivity index (χ2n) is 3.34. The smallest absolute Gasteiger partial charge is 0.0164 e. The predicted molar refractivity (Wildman–Crippen MR) is 57.7 cm³/mol. The fraction of sp³-hybridized carbons (Fsp3) is 1.00. The van der Waals surface area contributed by atoms with Crippen LogP contribution in [0, 0.1) is 0 Å². The average molecular weight is 188 g/mol. The van der Waals surface area contributed by atoms with Gasteiger partial charge in [0.2, 0.25) is 0 Å². The SMILES string of the molecule is C[C@H](CNCCCN)NCCCN. The lowest BCUT2D eigenvalue weighted by atomic mass is 10.3. The molecule has 0 heterocycles. The summed E-state index contributed by atoms with van der Waals surface area (Å²) in [4.78, 5) is 0. The summed E-state index contributed by atoms with van der Waals surface area (Å²) in [6.45, 7) is 6.73. The Bertz CT molecular complexity index is 97.6. The Balaban J connectivity index is 3.05. The Morgan fingerprint density at radius 2 is 1.69 bits per heavy atom. The average Bonchev–Trinajstić information content (AvgIpc) is 2.13. The molecular formula is C9H24N4. The van der Waals surface area contributed by atoms with Crippen molar-refractivity contribution in [1.29, 1.82) is 0 Å². The molecule has 0 radical (unpaired) electrons. The summed E-state index contributed by atoms with van der Waals surface area (Å²) in [7, 11) is 0. The Hall–Kier alpha value is -0.160. The fourth-order valence-electron chi connectivity index (χ4n) is 1.07. The Morgan fingerprint density at radius 1 is 1.08 bits per heavy atom. The Kier molecular flexibility index (Phi) is 9.80. The van der Waals surface area contributed by atoms with Gasteiger partial charge >= 0.3 is 0 Å². The van der Waals surface area contributed by atoms with Gasteiger partial charge in [0.15, 0.2) is 0 Å². The number of nitrogens with one attached hydrogen (secondary N) is 2. The normalized spacial score (nSPS) is 13.2. The van der Waals surface area contributed by atoms with Gasteiger partial charge in [0.1, 0.15) is 0 Å². The van der Waals surface area contributed by atoms with Crippen LogP contribution in [-0.2, 0) is 0 Å². The van der Waals surface area contributed by atoms with Gasteiger partial charge in [-0.2, -0.15) is 0 Å². The van der Waals surface area contributed by atoms with E-state index >= 15 is 0 Å². The second kappa shape index (κ2) is 9.92. The quantitative estimate of drug-likeness (QED) is 0.359. The predicted octanol–water partition coefficient (Wildman–Crippen LogP) is -0.748. The van der Waals surface area contributed by atoms with E-state index in [1.54, 1.807) is 0 Å². The monoisotopic (exact) mass is 188 g/mol. The highest BCUT2D eigenvalue weighted by Crippen LogP contribution is 1.80. The molecule has 0 aliphatic carbocycles. The zero-order valence-corrected chi connectivity index (χ0v) is 8.68. The van der Waals surface area contributed by atoms with Crippen molar-refractivity contribution in [3.8, 4) is 0 Å². The zero-order chi connectivity index (χ0) is 9.94.